The number of nitrogens with two attached hydrogens (primary N) is 1. The van der Waals surface area contributed by atoms with Crippen molar-refractivity contribution in [1.29, 1.82) is 0 Å². The van der Waals surface area contributed by atoms with Gasteiger partial charge in [0, 0.05) is 42.2 Å². The second-order valence-corrected chi connectivity index (χ2v) is 8.38. The minimum absolute atomic E-state index is 0.0879. The highest BCUT2D eigenvalue weighted by Crippen LogP contribution is 2.26. The van der Waals surface area contributed by atoms with Crippen molar-refractivity contribution >= 4 is 45.1 Å². The third kappa shape index (κ3) is 5.37. The summed E-state index contributed by atoms with van der Waals surface area (Å²) in [4.78, 5) is 13.4. The number of nitrogens with zero attached hydrogens (tertiary/aromatic N) is 5. The van der Waals surface area contributed by atoms with E-state index in [1.165, 1.54) is 11.3 Å². The highest BCUT2D eigenvalue weighted by molar-refractivity contribution is 7.15. The van der Waals surface area contributed by atoms with Gasteiger partial charge in [0.2, 0.25) is 5.13 Å². The van der Waals surface area contributed by atoms with E-state index in [2.05, 4.69) is 44.3 Å². The van der Waals surface area contributed by atoms with Crippen LogP contribution in [0.25, 0.3) is 16.6 Å². The average Bonchev–Trinajstić information content (AvgIpc) is 3.18. The maximum absolute atomic E-state index is 6.28. The van der Waals surface area contributed by atoms with Crippen LogP contribution in [0.2, 0.25) is 0 Å². The van der Waals surface area contributed by atoms with Gasteiger partial charge in [-0.05, 0) is 32.0 Å². The molecule has 0 atom stereocenters. The summed E-state index contributed by atoms with van der Waals surface area (Å²) in [6.45, 7) is 8.45. The van der Waals surface area contributed by atoms with E-state index in [4.69, 9.17) is 10.5 Å². The van der Waals surface area contributed by atoms with Gasteiger partial charge in [-0.2, -0.15) is 0 Å². The molecule has 8 nitrogen and oxygen atoms in total. The maximum Gasteiger partial charge on any atom is 0.211 e. The van der Waals surface area contributed by atoms with Crippen LogP contribution in [0.5, 0.6) is 0 Å². The number of pyridine rings is 2. The molecule has 0 unspecified atom stereocenters. The fourth-order valence-electron chi connectivity index (χ4n) is 2.66. The lowest BCUT2D eigenvalue weighted by atomic mass is 10.1. The molecule has 0 aliphatic carbocycles. The van der Waals surface area contributed by atoms with Gasteiger partial charge in [-0.25, -0.2) is 4.98 Å². The van der Waals surface area contributed by atoms with E-state index in [0.717, 1.165) is 27.2 Å². The van der Waals surface area contributed by atoms with Crippen molar-refractivity contribution in [1.82, 2.24) is 20.2 Å². The Hall–Kier alpha value is -2.91. The Morgan fingerprint density at radius 1 is 1.23 bits per heavy atom. The minimum atomic E-state index is 0.0879. The van der Waals surface area contributed by atoms with E-state index in [0.29, 0.717) is 29.2 Å². The van der Waals surface area contributed by atoms with Crippen molar-refractivity contribution in [3.05, 3.63) is 40.7 Å². The van der Waals surface area contributed by atoms with Gasteiger partial charge in [-0.3, -0.25) is 9.98 Å². The molecule has 9 heteroatoms. The molecule has 30 heavy (non-hydrogen) atoms. The molecule has 0 saturated carbocycles. The van der Waals surface area contributed by atoms with Crippen LogP contribution in [0, 0.1) is 0 Å². The first-order valence-electron chi connectivity index (χ1n) is 9.77. The Kier molecular flexibility index (Phi) is 7.07. The van der Waals surface area contributed by atoms with Crippen LogP contribution in [0.3, 0.4) is 0 Å². The summed E-state index contributed by atoms with van der Waals surface area (Å²) in [7, 11) is 1.71. The first kappa shape index (κ1) is 21.8. The lowest BCUT2D eigenvalue weighted by Gasteiger charge is -2.12. The van der Waals surface area contributed by atoms with Crippen LogP contribution in [0.15, 0.2) is 35.1 Å². The summed E-state index contributed by atoms with van der Waals surface area (Å²) in [6, 6.07) is 5.74. The highest BCUT2D eigenvalue weighted by atomic mass is 32.1. The minimum Gasteiger partial charge on any atom is -0.400 e. The van der Waals surface area contributed by atoms with Crippen molar-refractivity contribution in [2.75, 3.05) is 19.0 Å². The molecule has 0 bridgehead atoms. The van der Waals surface area contributed by atoms with Crippen LogP contribution in [0.4, 0.5) is 10.9 Å². The Morgan fingerprint density at radius 2 is 2.03 bits per heavy atom. The lowest BCUT2D eigenvalue weighted by molar-refractivity contribution is 0.0970. The molecular weight excluding hydrogens is 398 g/mol. The molecule has 3 N–H and O–H groups in total. The number of hydrogen-bond donors (Lipinski definition) is 2. The molecule has 0 aliphatic rings. The number of aromatic nitrogens is 4. The molecule has 158 valence electrons. The van der Waals surface area contributed by atoms with Gasteiger partial charge in [0.15, 0.2) is 0 Å². The van der Waals surface area contributed by atoms with Crippen molar-refractivity contribution in [2.45, 2.75) is 39.7 Å². The third-order valence-electron chi connectivity index (χ3n) is 4.19. The SMILES string of the molecule is CN=CC(=C(N)COC(C)C)c1cnc2ccc(Nc3nnc(C(C)C)s3)nc2c1. The van der Waals surface area contributed by atoms with Crippen LogP contribution in [0.1, 0.15) is 44.2 Å². The van der Waals surface area contributed by atoms with Crippen LogP contribution in [-0.2, 0) is 4.74 Å². The Bertz CT molecular complexity index is 1070. The van der Waals surface area contributed by atoms with Gasteiger partial charge in [-0.1, -0.05) is 25.2 Å². The molecule has 3 aromatic rings. The summed E-state index contributed by atoms with van der Waals surface area (Å²) in [5.74, 6) is 1.02. The summed E-state index contributed by atoms with van der Waals surface area (Å²) >= 11 is 1.52. The highest BCUT2D eigenvalue weighted by Gasteiger charge is 2.11. The van der Waals surface area contributed by atoms with Gasteiger partial charge in [0.25, 0.3) is 0 Å². The fraction of sp³-hybridized carbons (Fsp3) is 0.381. The predicted molar refractivity (Wildman–Crippen MR) is 123 cm³/mol. The number of hydrogen-bond acceptors (Lipinski definition) is 9. The monoisotopic (exact) mass is 425 g/mol. The number of allylic oxidation sites excluding steroid dienone is 1. The first-order chi connectivity index (χ1) is 14.4. The average molecular weight is 426 g/mol. The molecule has 0 amide bonds. The van der Waals surface area contributed by atoms with Crippen molar-refractivity contribution in [3.8, 4) is 0 Å². The molecule has 3 heterocycles. The summed E-state index contributed by atoms with van der Waals surface area (Å²) in [6.07, 6.45) is 3.58. The molecule has 0 aliphatic heterocycles. The van der Waals surface area contributed by atoms with E-state index in [9.17, 15) is 0 Å². The summed E-state index contributed by atoms with van der Waals surface area (Å²) < 4.78 is 5.64. The Balaban J connectivity index is 1.92. The van der Waals surface area contributed by atoms with Crippen molar-refractivity contribution in [3.63, 3.8) is 0 Å². The van der Waals surface area contributed by atoms with Gasteiger partial charge in [0.1, 0.15) is 10.8 Å². The van der Waals surface area contributed by atoms with E-state index >= 15 is 0 Å². The second kappa shape index (κ2) is 9.73. The zero-order valence-corrected chi connectivity index (χ0v) is 18.7. The molecule has 3 aromatic heterocycles. The van der Waals surface area contributed by atoms with E-state index in [-0.39, 0.29) is 6.10 Å². The van der Waals surface area contributed by atoms with E-state index in [1.54, 1.807) is 19.5 Å². The molecule has 0 aromatic carbocycles. The van der Waals surface area contributed by atoms with Crippen LogP contribution >= 0.6 is 11.3 Å². The molecule has 0 saturated heterocycles. The zero-order valence-electron chi connectivity index (χ0n) is 17.9. The van der Waals surface area contributed by atoms with Crippen molar-refractivity contribution in [2.24, 2.45) is 10.7 Å². The van der Waals surface area contributed by atoms with E-state index < -0.39 is 0 Å². The Morgan fingerprint density at radius 3 is 2.70 bits per heavy atom. The molecule has 3 rings (SSSR count). The Labute approximate surface area is 180 Å². The summed E-state index contributed by atoms with van der Waals surface area (Å²) in [5, 5.41) is 13.3. The predicted octanol–water partition coefficient (Wildman–Crippen LogP) is 4.14. The van der Waals surface area contributed by atoms with Crippen LogP contribution in [-0.4, -0.2) is 46.1 Å². The molecule has 0 radical (unpaired) electrons. The number of anilines is 2. The summed E-state index contributed by atoms with van der Waals surface area (Å²) in [5.41, 5.74) is 10.0. The lowest BCUT2D eigenvalue weighted by Crippen LogP contribution is -2.14. The van der Waals surface area contributed by atoms with Gasteiger partial charge < -0.3 is 15.8 Å². The fourth-order valence-corrected chi connectivity index (χ4v) is 3.41. The second-order valence-electron chi connectivity index (χ2n) is 7.37. The number of aliphatic imine (C=N–C) groups is 1. The van der Waals surface area contributed by atoms with Crippen LogP contribution < -0.4 is 11.1 Å². The van der Waals surface area contributed by atoms with Gasteiger partial charge >= 0.3 is 0 Å². The maximum atomic E-state index is 6.28. The quantitative estimate of drug-likeness (QED) is 0.522. The van der Waals surface area contributed by atoms with E-state index in [1.807, 2.05) is 32.0 Å². The number of rotatable bonds is 8. The van der Waals surface area contributed by atoms with Gasteiger partial charge in [-0.15, -0.1) is 10.2 Å². The smallest absolute Gasteiger partial charge is 0.211 e. The molecule has 0 spiro atoms. The molecule has 0 fully saturated rings. The van der Waals surface area contributed by atoms with Crippen molar-refractivity contribution < 1.29 is 4.74 Å². The molecular formula is C21H27N7OS. The van der Waals surface area contributed by atoms with Gasteiger partial charge in [0.05, 0.1) is 23.7 Å². The third-order valence-corrected chi connectivity index (χ3v) is 5.33. The normalized spacial score (nSPS) is 12.9. The number of fused-ring (bicyclic) bond motifs is 1. The largest absolute Gasteiger partial charge is 0.400 e. The number of nitrogens with one attached hydrogen (secondary N) is 1. The zero-order chi connectivity index (χ0) is 21.7. The standard InChI is InChI=1S/C21H27N7OS/c1-12(2)20-27-28-21(30-20)26-19-7-6-17-18(25-19)8-14(9-24-17)15(10-23-5)16(22)11-29-13(3)4/h6-10,12-13H,11,22H2,1-5H3,(H,25,26,28). The number of ether oxygens (including phenoxy) is 1. The topological polar surface area (TPSA) is 111 Å². The first-order valence-corrected chi connectivity index (χ1v) is 10.6.